The Bertz CT molecular complexity index is 652. The van der Waals surface area contributed by atoms with Crippen molar-refractivity contribution in [1.82, 2.24) is 15.3 Å². The number of rotatable bonds is 4. The van der Waals surface area contributed by atoms with Crippen molar-refractivity contribution in [3.8, 4) is 0 Å². The van der Waals surface area contributed by atoms with Gasteiger partial charge in [0.25, 0.3) is 5.91 Å². The number of imidazole rings is 1. The first-order chi connectivity index (χ1) is 10.6. The van der Waals surface area contributed by atoms with Gasteiger partial charge in [0.15, 0.2) is 5.82 Å². The summed E-state index contributed by atoms with van der Waals surface area (Å²) in [5.41, 5.74) is 1.89. The minimum absolute atomic E-state index is 0.173. The van der Waals surface area contributed by atoms with Gasteiger partial charge in [0.1, 0.15) is 5.82 Å². The minimum Gasteiger partial charge on any atom is -0.371 e. The number of aromatic amines is 1. The third-order valence-corrected chi connectivity index (χ3v) is 3.95. The Morgan fingerprint density at radius 3 is 2.91 bits per heavy atom. The van der Waals surface area contributed by atoms with Crippen molar-refractivity contribution in [3.63, 3.8) is 0 Å². The molecule has 0 bridgehead atoms. The number of carbonyl (C=O) groups excluding carboxylic acids is 1. The number of carbonyl (C=O) groups is 1. The van der Waals surface area contributed by atoms with Crippen molar-refractivity contribution in [3.05, 3.63) is 47.8 Å². The van der Waals surface area contributed by atoms with Crippen molar-refractivity contribution >= 4 is 11.6 Å². The zero-order chi connectivity index (χ0) is 15.5. The monoisotopic (exact) mass is 302 g/mol. The molecule has 6 heteroatoms. The SMILES string of the molecule is Cc1cnc(C(=O)NCC2CCN(c3ccc(F)cc3)C2)[nH]1. The largest absolute Gasteiger partial charge is 0.371 e. The number of aromatic nitrogens is 2. The topological polar surface area (TPSA) is 61.0 Å². The van der Waals surface area contributed by atoms with E-state index in [4.69, 9.17) is 0 Å². The molecule has 116 valence electrons. The Balaban J connectivity index is 1.51. The second-order valence-corrected chi connectivity index (χ2v) is 5.70. The van der Waals surface area contributed by atoms with Crippen molar-refractivity contribution in [1.29, 1.82) is 0 Å². The number of H-pyrrole nitrogens is 1. The summed E-state index contributed by atoms with van der Waals surface area (Å²) in [6, 6.07) is 6.54. The molecule has 0 radical (unpaired) electrons. The van der Waals surface area contributed by atoms with Crippen molar-refractivity contribution in [2.24, 2.45) is 5.92 Å². The van der Waals surface area contributed by atoms with Gasteiger partial charge in [-0.15, -0.1) is 0 Å². The molecule has 2 N–H and O–H groups in total. The molecule has 22 heavy (non-hydrogen) atoms. The molecule has 3 rings (SSSR count). The maximum atomic E-state index is 12.9. The van der Waals surface area contributed by atoms with Gasteiger partial charge in [-0.2, -0.15) is 0 Å². The van der Waals surface area contributed by atoms with Crippen molar-refractivity contribution < 1.29 is 9.18 Å². The molecular weight excluding hydrogens is 283 g/mol. The van der Waals surface area contributed by atoms with E-state index in [1.54, 1.807) is 18.3 Å². The molecule has 0 aliphatic carbocycles. The van der Waals surface area contributed by atoms with E-state index in [0.717, 1.165) is 30.9 Å². The smallest absolute Gasteiger partial charge is 0.287 e. The fraction of sp³-hybridized carbons (Fsp3) is 0.375. The quantitative estimate of drug-likeness (QED) is 0.909. The first kappa shape index (κ1) is 14.6. The second-order valence-electron chi connectivity index (χ2n) is 5.70. The van der Waals surface area contributed by atoms with Crippen LogP contribution >= 0.6 is 0 Å². The molecule has 0 saturated carbocycles. The highest BCUT2D eigenvalue weighted by atomic mass is 19.1. The molecule has 1 unspecified atom stereocenters. The zero-order valence-corrected chi connectivity index (χ0v) is 12.5. The van der Waals surface area contributed by atoms with Crippen LogP contribution in [-0.2, 0) is 0 Å². The van der Waals surface area contributed by atoms with E-state index in [9.17, 15) is 9.18 Å². The highest BCUT2D eigenvalue weighted by molar-refractivity contribution is 5.90. The van der Waals surface area contributed by atoms with Crippen LogP contribution in [0.25, 0.3) is 0 Å². The molecule has 1 atom stereocenters. The van der Waals surface area contributed by atoms with E-state index < -0.39 is 0 Å². The highest BCUT2D eigenvalue weighted by Crippen LogP contribution is 2.23. The Hall–Kier alpha value is -2.37. The van der Waals surface area contributed by atoms with Gasteiger partial charge in [-0.05, 0) is 43.5 Å². The third kappa shape index (κ3) is 3.27. The predicted molar refractivity (Wildman–Crippen MR) is 82.4 cm³/mol. The van der Waals surface area contributed by atoms with Gasteiger partial charge < -0.3 is 15.2 Å². The molecule has 1 amide bonds. The molecule has 1 aliphatic heterocycles. The van der Waals surface area contributed by atoms with E-state index in [1.165, 1.54) is 12.1 Å². The van der Waals surface area contributed by atoms with Crippen LogP contribution < -0.4 is 10.2 Å². The van der Waals surface area contributed by atoms with E-state index in [1.807, 2.05) is 6.92 Å². The van der Waals surface area contributed by atoms with Gasteiger partial charge in [-0.3, -0.25) is 4.79 Å². The molecule has 1 aromatic heterocycles. The van der Waals surface area contributed by atoms with Gasteiger partial charge in [-0.1, -0.05) is 0 Å². The molecule has 0 spiro atoms. The number of amides is 1. The summed E-state index contributed by atoms with van der Waals surface area (Å²) in [6.07, 6.45) is 2.65. The lowest BCUT2D eigenvalue weighted by Gasteiger charge is -2.18. The van der Waals surface area contributed by atoms with Crippen LogP contribution in [0.1, 0.15) is 22.7 Å². The lowest BCUT2D eigenvalue weighted by Crippen LogP contribution is -2.31. The highest BCUT2D eigenvalue weighted by Gasteiger charge is 2.23. The van der Waals surface area contributed by atoms with Crippen LogP contribution in [0, 0.1) is 18.7 Å². The average molecular weight is 302 g/mol. The lowest BCUT2D eigenvalue weighted by atomic mass is 10.1. The normalized spacial score (nSPS) is 17.7. The number of nitrogens with zero attached hydrogens (tertiary/aromatic N) is 2. The van der Waals surface area contributed by atoms with E-state index in [-0.39, 0.29) is 11.7 Å². The summed E-state index contributed by atoms with van der Waals surface area (Å²) >= 11 is 0. The van der Waals surface area contributed by atoms with E-state index in [0.29, 0.717) is 18.3 Å². The van der Waals surface area contributed by atoms with Gasteiger partial charge in [-0.25, -0.2) is 9.37 Å². The van der Waals surface area contributed by atoms with Crippen LogP contribution in [-0.4, -0.2) is 35.5 Å². The molecule has 1 saturated heterocycles. The predicted octanol–water partition coefficient (Wildman–Crippen LogP) is 2.11. The van der Waals surface area contributed by atoms with E-state index in [2.05, 4.69) is 20.2 Å². The summed E-state index contributed by atoms with van der Waals surface area (Å²) in [4.78, 5) is 21.1. The van der Waals surface area contributed by atoms with Crippen LogP contribution in [0.2, 0.25) is 0 Å². The summed E-state index contributed by atoms with van der Waals surface area (Å²) in [6.45, 7) is 4.27. The zero-order valence-electron chi connectivity index (χ0n) is 12.5. The van der Waals surface area contributed by atoms with Crippen molar-refractivity contribution in [2.75, 3.05) is 24.5 Å². The summed E-state index contributed by atoms with van der Waals surface area (Å²) in [7, 11) is 0. The molecule has 2 aromatic rings. The summed E-state index contributed by atoms with van der Waals surface area (Å²) in [5, 5.41) is 2.92. The fourth-order valence-corrected chi connectivity index (χ4v) is 2.73. The molecule has 1 aliphatic rings. The Kier molecular flexibility index (Phi) is 4.09. The van der Waals surface area contributed by atoms with Crippen LogP contribution in [0.5, 0.6) is 0 Å². The summed E-state index contributed by atoms with van der Waals surface area (Å²) in [5.74, 6) is 0.352. The first-order valence-electron chi connectivity index (χ1n) is 7.42. The number of aryl methyl sites for hydroxylation is 1. The van der Waals surface area contributed by atoms with Crippen LogP contribution in [0.15, 0.2) is 30.5 Å². The maximum Gasteiger partial charge on any atom is 0.287 e. The number of hydrogen-bond donors (Lipinski definition) is 2. The number of nitrogens with one attached hydrogen (secondary N) is 2. The number of benzene rings is 1. The number of anilines is 1. The van der Waals surface area contributed by atoms with Gasteiger partial charge >= 0.3 is 0 Å². The average Bonchev–Trinajstić information content (AvgIpc) is 3.15. The van der Waals surface area contributed by atoms with Gasteiger partial charge in [0.05, 0.1) is 0 Å². The van der Waals surface area contributed by atoms with E-state index >= 15 is 0 Å². The van der Waals surface area contributed by atoms with Gasteiger partial charge in [0, 0.05) is 37.2 Å². The number of halogens is 1. The Morgan fingerprint density at radius 1 is 1.45 bits per heavy atom. The summed E-state index contributed by atoms with van der Waals surface area (Å²) < 4.78 is 12.9. The van der Waals surface area contributed by atoms with Crippen LogP contribution in [0.4, 0.5) is 10.1 Å². The standard InChI is InChI=1S/C16H19FN4O/c1-11-8-18-15(20-11)16(22)19-9-12-6-7-21(10-12)14-4-2-13(17)3-5-14/h2-5,8,12H,6-7,9-10H2,1H3,(H,18,20)(H,19,22). The minimum atomic E-state index is -0.222. The first-order valence-corrected chi connectivity index (χ1v) is 7.42. The molecule has 1 fully saturated rings. The van der Waals surface area contributed by atoms with Crippen molar-refractivity contribution in [2.45, 2.75) is 13.3 Å². The second kappa shape index (κ2) is 6.17. The lowest BCUT2D eigenvalue weighted by molar-refractivity contribution is 0.0938. The number of hydrogen-bond acceptors (Lipinski definition) is 3. The fourth-order valence-electron chi connectivity index (χ4n) is 2.73. The molecule has 2 heterocycles. The third-order valence-electron chi connectivity index (χ3n) is 3.95. The molecule has 1 aromatic carbocycles. The molecular formula is C16H19FN4O. The van der Waals surface area contributed by atoms with Crippen LogP contribution in [0.3, 0.4) is 0 Å². The van der Waals surface area contributed by atoms with Gasteiger partial charge in [0.2, 0.25) is 0 Å². The molecule has 5 nitrogen and oxygen atoms in total. The Morgan fingerprint density at radius 2 is 2.23 bits per heavy atom. The maximum absolute atomic E-state index is 12.9. The Labute approximate surface area is 128 Å².